The van der Waals surface area contributed by atoms with Gasteiger partial charge in [-0.25, -0.2) is 14.4 Å². The van der Waals surface area contributed by atoms with Gasteiger partial charge in [0, 0.05) is 41.1 Å². The van der Waals surface area contributed by atoms with Crippen LogP contribution in [0.4, 0.5) is 20.3 Å². The largest absolute Gasteiger partial charge is 0.694 e. The number of hydrogen-bond acceptors (Lipinski definition) is 17. The fourth-order valence-electron chi connectivity index (χ4n) is 7.65. The van der Waals surface area contributed by atoms with E-state index in [9.17, 15) is 23.7 Å². The van der Waals surface area contributed by atoms with Crippen LogP contribution in [0.25, 0.3) is 22.2 Å². The Morgan fingerprint density at radius 1 is 0.887 bits per heavy atom. The summed E-state index contributed by atoms with van der Waals surface area (Å²) in [6, 6.07) is 16.1. The van der Waals surface area contributed by atoms with Crippen LogP contribution < -0.4 is 27.2 Å². The number of anilines is 1. The van der Waals surface area contributed by atoms with Gasteiger partial charge in [-0.05, 0) is 61.8 Å². The number of fused-ring (bicyclic) bond motifs is 4. The number of hydrogen-bond donors (Lipinski definition) is 6. The standard InChI is InChI=1S/C47H60N7O14PS2/c1-47(2,15-21-65-45(57)50-17-22-61-24-25-62-23-18-51-46(58)67-30-39-37-13-5-3-11-35(37)36-12-4-6-14-38(36)39)71-70-31-63-19-7-8-20-64-44(56)49-16-9-10-32-27-54(41-40(32)42(55)53-43(48)52-41)33-26-34(66-28-33)29-68-69(59)60/h3-6,11-14,27,33-34,39H,7-8,15-26,28-31H2,1-2H3,(H6-,48,49,50,51,52,53,55,56,57,58,59,60)/p+1/t33?,34-/m0/s1. The summed E-state index contributed by atoms with van der Waals surface area (Å²) in [5, 5.41) is 8.20. The van der Waals surface area contributed by atoms with Gasteiger partial charge >= 0.3 is 26.5 Å². The average molecular weight is 1040 g/mol. The molecular formula is C47H61N7O14PS2+. The van der Waals surface area contributed by atoms with Crippen LogP contribution in [0.15, 0.2) is 59.5 Å². The van der Waals surface area contributed by atoms with Crippen molar-refractivity contribution < 1.29 is 61.5 Å². The zero-order valence-corrected chi connectivity index (χ0v) is 42.2. The van der Waals surface area contributed by atoms with Gasteiger partial charge in [-0.3, -0.25) is 9.78 Å². The SMILES string of the molecule is CC(C)(CCOC(=O)NCCOCCOCCNC(=O)OCC1c2ccccc2-c2ccccc21)SSCOCCCCOC(=O)NCC#Cc1cn(C2CO[C@H](CO[P+](=O)O)C2)c2nc(N)[nH]c(=O)c12. The molecule has 4 aromatic rings. The number of aromatic nitrogens is 3. The van der Waals surface area contributed by atoms with Crippen LogP contribution in [0.5, 0.6) is 0 Å². The van der Waals surface area contributed by atoms with Gasteiger partial charge in [-0.2, -0.15) is 4.98 Å². The van der Waals surface area contributed by atoms with Crippen LogP contribution in [0.1, 0.15) is 68.2 Å². The van der Waals surface area contributed by atoms with Gasteiger partial charge in [-0.15, -0.1) is 9.42 Å². The maximum Gasteiger partial charge on any atom is 0.694 e. The van der Waals surface area contributed by atoms with E-state index in [-0.39, 0.29) is 74.2 Å². The molecule has 3 amide bonds. The summed E-state index contributed by atoms with van der Waals surface area (Å²) in [7, 11) is 0.455. The van der Waals surface area contributed by atoms with E-state index in [0.717, 1.165) is 11.1 Å². The number of nitrogen functional groups attached to an aromatic ring is 1. The fraction of sp³-hybridized carbons (Fsp3) is 0.511. The highest BCUT2D eigenvalue weighted by molar-refractivity contribution is 8.77. The third-order valence-corrected chi connectivity index (χ3v) is 14.5. The normalized spacial score (nSPS) is 15.3. The maximum atomic E-state index is 12.8. The van der Waals surface area contributed by atoms with Crippen molar-refractivity contribution in [3.63, 3.8) is 0 Å². The van der Waals surface area contributed by atoms with Crippen LogP contribution in [-0.4, -0.2) is 140 Å². The first-order valence-electron chi connectivity index (χ1n) is 23.1. The number of carbonyl (C=O) groups excluding carboxylic acids is 3. The molecule has 7 N–H and O–H groups in total. The minimum Gasteiger partial charge on any atom is -0.450 e. The molecule has 0 bridgehead atoms. The molecule has 3 heterocycles. The summed E-state index contributed by atoms with van der Waals surface area (Å²) >= 11 is 0. The molecule has 71 heavy (non-hydrogen) atoms. The summed E-state index contributed by atoms with van der Waals surface area (Å²) in [4.78, 5) is 65.2. The predicted molar refractivity (Wildman–Crippen MR) is 268 cm³/mol. The summed E-state index contributed by atoms with van der Waals surface area (Å²) in [6.45, 7) is 7.34. The molecule has 6 rings (SSSR count). The summed E-state index contributed by atoms with van der Waals surface area (Å²) < 4.78 is 55.8. The van der Waals surface area contributed by atoms with Crippen molar-refractivity contribution in [2.45, 2.75) is 62.3 Å². The van der Waals surface area contributed by atoms with Gasteiger partial charge < -0.3 is 59.4 Å². The predicted octanol–water partition coefficient (Wildman–Crippen LogP) is 5.98. The number of alkyl carbamates (subject to hydrolysis) is 3. The number of rotatable bonds is 28. The summed E-state index contributed by atoms with van der Waals surface area (Å²) in [6.07, 6.45) is 1.98. The molecule has 384 valence electrons. The van der Waals surface area contributed by atoms with Crippen molar-refractivity contribution in [1.29, 1.82) is 0 Å². The third kappa shape index (κ3) is 17.7. The third-order valence-electron chi connectivity index (χ3n) is 11.1. The molecule has 0 spiro atoms. The first-order chi connectivity index (χ1) is 34.4. The Kier molecular flexibility index (Phi) is 22.1. The molecule has 1 fully saturated rings. The highest BCUT2D eigenvalue weighted by Gasteiger charge is 2.32. The molecule has 1 saturated heterocycles. The molecule has 2 aliphatic rings. The molecule has 2 unspecified atom stereocenters. The number of aromatic amines is 1. The lowest BCUT2D eigenvalue weighted by Gasteiger charge is -2.22. The number of H-pyrrole nitrogens is 1. The van der Waals surface area contributed by atoms with Crippen molar-refractivity contribution in [2.24, 2.45) is 0 Å². The van der Waals surface area contributed by atoms with Gasteiger partial charge in [0.05, 0.1) is 75.9 Å². The van der Waals surface area contributed by atoms with Gasteiger partial charge in [0.2, 0.25) is 5.95 Å². The molecule has 2 aromatic carbocycles. The van der Waals surface area contributed by atoms with Crippen molar-refractivity contribution in [3.05, 3.63) is 81.8 Å². The first-order valence-corrected chi connectivity index (χ1v) is 26.6. The highest BCUT2D eigenvalue weighted by atomic mass is 33.1. The van der Waals surface area contributed by atoms with E-state index in [1.165, 1.54) is 11.1 Å². The van der Waals surface area contributed by atoms with E-state index in [2.05, 4.69) is 75.9 Å². The van der Waals surface area contributed by atoms with Crippen LogP contribution in [-0.2, 0) is 42.2 Å². The minimum absolute atomic E-state index is 0.000176. The lowest BCUT2D eigenvalue weighted by atomic mass is 9.98. The van der Waals surface area contributed by atoms with E-state index in [0.29, 0.717) is 82.4 Å². The smallest absolute Gasteiger partial charge is 0.450 e. The number of amides is 3. The number of nitrogens with zero attached hydrogens (tertiary/aromatic N) is 2. The maximum absolute atomic E-state index is 12.8. The van der Waals surface area contributed by atoms with E-state index in [4.69, 9.17) is 48.3 Å². The van der Waals surface area contributed by atoms with Crippen LogP contribution in [0.3, 0.4) is 0 Å². The molecule has 2 aromatic heterocycles. The topological polar surface area (TPSA) is 275 Å². The Morgan fingerprint density at radius 3 is 2.24 bits per heavy atom. The summed E-state index contributed by atoms with van der Waals surface area (Å²) in [5.41, 5.74) is 10.7. The zero-order chi connectivity index (χ0) is 50.4. The number of ether oxygens (including phenoxy) is 7. The average Bonchev–Trinajstić information content (AvgIpc) is 4.06. The number of nitrogens with one attached hydrogen (secondary N) is 4. The zero-order valence-electron chi connectivity index (χ0n) is 39.6. The number of benzene rings is 2. The monoisotopic (exact) mass is 1040 g/mol. The fourth-order valence-corrected chi connectivity index (χ4v) is 10.2. The number of carbonyl (C=O) groups is 3. The number of nitrogens with two attached hydrogens (primary N) is 1. The van der Waals surface area contributed by atoms with Crippen molar-refractivity contribution in [1.82, 2.24) is 30.5 Å². The Hall–Kier alpha value is -5.41. The molecular weight excluding hydrogens is 982 g/mol. The Balaban J connectivity index is 0.710. The van der Waals surface area contributed by atoms with Crippen molar-refractivity contribution in [3.8, 4) is 23.0 Å². The van der Waals surface area contributed by atoms with Crippen LogP contribution in [0.2, 0.25) is 0 Å². The van der Waals surface area contributed by atoms with E-state index >= 15 is 0 Å². The Labute approximate surface area is 420 Å². The quantitative estimate of drug-likeness (QED) is 0.00953. The molecule has 24 heteroatoms. The van der Waals surface area contributed by atoms with E-state index in [1.807, 2.05) is 24.3 Å². The van der Waals surface area contributed by atoms with Crippen LogP contribution in [0, 0.1) is 11.8 Å². The molecule has 0 saturated carbocycles. The Bertz CT molecular complexity index is 2490. The molecule has 1 aliphatic carbocycles. The Morgan fingerprint density at radius 2 is 1.54 bits per heavy atom. The van der Waals surface area contributed by atoms with Gasteiger partial charge in [0.15, 0.2) is 5.65 Å². The molecule has 0 radical (unpaired) electrons. The first kappa shape index (κ1) is 54.9. The van der Waals surface area contributed by atoms with E-state index < -0.39 is 38.2 Å². The van der Waals surface area contributed by atoms with Crippen molar-refractivity contribution >= 4 is 65.1 Å². The minimum atomic E-state index is -2.75. The van der Waals surface area contributed by atoms with Crippen LogP contribution >= 0.6 is 29.8 Å². The highest BCUT2D eigenvalue weighted by Crippen LogP contribution is 2.44. The van der Waals surface area contributed by atoms with Gasteiger partial charge in [-0.1, -0.05) is 82.0 Å². The van der Waals surface area contributed by atoms with E-state index in [1.54, 1.807) is 32.4 Å². The second-order valence-electron chi connectivity index (χ2n) is 16.8. The lowest BCUT2D eigenvalue weighted by molar-refractivity contribution is 0.0487. The molecule has 1 aliphatic heterocycles. The molecule has 21 nitrogen and oxygen atoms in total. The second kappa shape index (κ2) is 28.6. The second-order valence-corrected chi connectivity index (χ2v) is 20.4. The lowest BCUT2D eigenvalue weighted by Crippen LogP contribution is -2.30. The van der Waals surface area contributed by atoms with Crippen molar-refractivity contribution in [2.75, 3.05) is 97.4 Å². The number of unbranched alkanes of at least 4 members (excludes halogenated alkanes) is 1. The summed E-state index contributed by atoms with van der Waals surface area (Å²) in [5.74, 6) is 6.15. The molecule has 3 atom stereocenters. The van der Waals surface area contributed by atoms with Gasteiger partial charge in [0.25, 0.3) is 5.56 Å². The van der Waals surface area contributed by atoms with Gasteiger partial charge in [0.1, 0.15) is 19.2 Å².